The van der Waals surface area contributed by atoms with Crippen molar-refractivity contribution in [1.29, 1.82) is 0 Å². The number of oxime groups is 1. The van der Waals surface area contributed by atoms with Gasteiger partial charge in [-0.25, -0.2) is 4.31 Å². The van der Waals surface area contributed by atoms with E-state index in [1.54, 1.807) is 4.31 Å². The molecule has 2 heterocycles. The van der Waals surface area contributed by atoms with Crippen molar-refractivity contribution in [3.05, 3.63) is 12.2 Å². The van der Waals surface area contributed by atoms with E-state index in [-0.39, 0.29) is 0 Å². The van der Waals surface area contributed by atoms with Crippen LogP contribution in [0.15, 0.2) is 17.3 Å². The van der Waals surface area contributed by atoms with Gasteiger partial charge in [-0.3, -0.25) is 13.9 Å². The van der Waals surface area contributed by atoms with Crippen LogP contribution in [0.25, 0.3) is 0 Å². The lowest BCUT2D eigenvalue weighted by molar-refractivity contribution is -0.139. The minimum atomic E-state index is -1.59. The fourth-order valence-electron chi connectivity index (χ4n) is 2.93. The minimum Gasteiger partial charge on any atom is -0.348 e. The Hall–Kier alpha value is -1.90. The number of amides is 2. The highest BCUT2D eigenvalue weighted by atomic mass is 32.2. The standard InChI is InChI=1S/C18H30N4O4S/c23-17-18(24)20-14-11-15-22-16(21-26-27(22)25)12-9-7-5-3-1-2-4-6-8-10-13-19-17/h2,4H,1,3,5-15H2,(H,19,23)(H,20,24)/b4-2-. The summed E-state index contributed by atoms with van der Waals surface area (Å²) in [5.74, 6) is -0.538. The number of nitrogens with one attached hydrogen (secondary N) is 2. The molecule has 2 amide bonds. The maximum absolute atomic E-state index is 11.9. The zero-order valence-corrected chi connectivity index (χ0v) is 16.6. The van der Waals surface area contributed by atoms with Crippen LogP contribution in [0.1, 0.15) is 64.2 Å². The Kier molecular flexibility index (Phi) is 9.89. The molecular formula is C18H30N4O4S. The molecule has 0 spiro atoms. The molecule has 2 N–H and O–H groups in total. The van der Waals surface area contributed by atoms with Gasteiger partial charge in [0.2, 0.25) is 0 Å². The Bertz CT molecular complexity index is 580. The molecule has 0 bridgehead atoms. The lowest BCUT2D eigenvalue weighted by Crippen LogP contribution is -2.41. The number of carbonyl (C=O) groups excluding carboxylic acids is 2. The van der Waals surface area contributed by atoms with Crippen molar-refractivity contribution in [3.8, 4) is 0 Å². The minimum absolute atomic E-state index is 0.331. The maximum Gasteiger partial charge on any atom is 0.341 e. The molecule has 0 aromatic carbocycles. The molecule has 0 aromatic rings. The number of allylic oxidation sites excluding steroid dienone is 2. The van der Waals surface area contributed by atoms with E-state index < -0.39 is 23.1 Å². The first-order valence-corrected chi connectivity index (χ1v) is 10.9. The molecule has 9 heteroatoms. The van der Waals surface area contributed by atoms with Gasteiger partial charge in [0.1, 0.15) is 0 Å². The molecule has 0 radical (unpaired) electrons. The van der Waals surface area contributed by atoms with Gasteiger partial charge in [0.25, 0.3) is 0 Å². The average Bonchev–Trinajstić information content (AvgIpc) is 3.01. The molecule has 8 nitrogen and oxygen atoms in total. The zero-order chi connectivity index (χ0) is 19.3. The fraction of sp³-hybridized carbons (Fsp3) is 0.722. The second-order valence-corrected chi connectivity index (χ2v) is 7.71. The number of hydrogen-bond acceptors (Lipinski definition) is 5. The fourth-order valence-corrected chi connectivity index (χ4v) is 3.73. The van der Waals surface area contributed by atoms with E-state index in [1.165, 1.54) is 12.8 Å². The summed E-state index contributed by atoms with van der Waals surface area (Å²) in [7, 11) is 0. The van der Waals surface area contributed by atoms with E-state index >= 15 is 0 Å². The number of hydrogen-bond donors (Lipinski definition) is 2. The predicted octanol–water partition coefficient (Wildman–Crippen LogP) is 1.91. The van der Waals surface area contributed by atoms with Crippen LogP contribution in [0.5, 0.6) is 0 Å². The summed E-state index contributed by atoms with van der Waals surface area (Å²) in [5.41, 5.74) is 0. The summed E-state index contributed by atoms with van der Waals surface area (Å²) >= 11 is -1.59. The van der Waals surface area contributed by atoms with Gasteiger partial charge in [-0.1, -0.05) is 30.1 Å². The third-order valence-electron chi connectivity index (χ3n) is 4.47. The Morgan fingerprint density at radius 1 is 0.889 bits per heavy atom. The Balaban J connectivity index is 1.82. The molecule has 0 saturated heterocycles. The van der Waals surface area contributed by atoms with E-state index in [1.807, 2.05) is 0 Å². The quantitative estimate of drug-likeness (QED) is 0.481. The molecule has 1 unspecified atom stereocenters. The molecule has 2 aliphatic rings. The number of amidine groups is 1. The smallest absolute Gasteiger partial charge is 0.341 e. The molecule has 2 rings (SSSR count). The lowest BCUT2D eigenvalue weighted by atomic mass is 10.1. The summed E-state index contributed by atoms with van der Waals surface area (Å²) in [4.78, 5) is 23.5. The van der Waals surface area contributed by atoms with Gasteiger partial charge >= 0.3 is 23.1 Å². The molecule has 0 aromatic heterocycles. The van der Waals surface area contributed by atoms with Crippen molar-refractivity contribution in [2.45, 2.75) is 64.2 Å². The van der Waals surface area contributed by atoms with E-state index in [2.05, 4.69) is 27.9 Å². The first-order valence-electron chi connectivity index (χ1n) is 9.83. The molecule has 0 saturated carbocycles. The van der Waals surface area contributed by atoms with Crippen LogP contribution in [0.3, 0.4) is 0 Å². The number of nitrogens with zero attached hydrogens (tertiary/aromatic N) is 2. The van der Waals surface area contributed by atoms with Crippen LogP contribution in [-0.4, -0.2) is 45.8 Å². The van der Waals surface area contributed by atoms with Crippen molar-refractivity contribution < 1.29 is 18.1 Å². The van der Waals surface area contributed by atoms with E-state index in [9.17, 15) is 13.8 Å². The number of carbonyl (C=O) groups is 2. The van der Waals surface area contributed by atoms with E-state index in [0.717, 1.165) is 44.9 Å². The first kappa shape index (κ1) is 21.4. The van der Waals surface area contributed by atoms with Gasteiger partial charge in [-0.05, 0) is 44.9 Å². The monoisotopic (exact) mass is 398 g/mol. The Morgan fingerprint density at radius 2 is 1.52 bits per heavy atom. The molecule has 1 atom stereocenters. The highest BCUT2D eigenvalue weighted by Gasteiger charge is 2.26. The average molecular weight is 399 g/mol. The zero-order valence-electron chi connectivity index (χ0n) is 15.8. The van der Waals surface area contributed by atoms with Crippen LogP contribution >= 0.6 is 0 Å². The first-order chi connectivity index (χ1) is 13.2. The molecule has 152 valence electrons. The third kappa shape index (κ3) is 8.11. The maximum atomic E-state index is 11.9. The summed E-state index contributed by atoms with van der Waals surface area (Å²) in [5, 5.41) is 9.13. The third-order valence-corrected chi connectivity index (χ3v) is 5.43. The van der Waals surface area contributed by atoms with Crippen LogP contribution in [0, 0.1) is 0 Å². The van der Waals surface area contributed by atoms with Crippen LogP contribution in [0.2, 0.25) is 0 Å². The van der Waals surface area contributed by atoms with E-state index in [4.69, 9.17) is 4.28 Å². The number of rotatable bonds is 0. The Morgan fingerprint density at radius 3 is 2.26 bits per heavy atom. The molecule has 27 heavy (non-hydrogen) atoms. The summed E-state index contributed by atoms with van der Waals surface area (Å²) in [6, 6.07) is 0. The van der Waals surface area contributed by atoms with Crippen molar-refractivity contribution in [3.63, 3.8) is 0 Å². The predicted molar refractivity (Wildman–Crippen MR) is 105 cm³/mol. The lowest BCUT2D eigenvalue weighted by Gasteiger charge is -2.15. The highest BCUT2D eigenvalue weighted by molar-refractivity contribution is 7.78. The molecule has 2 aliphatic heterocycles. The summed E-state index contributed by atoms with van der Waals surface area (Å²) in [6.07, 6.45) is 14.0. The van der Waals surface area contributed by atoms with Crippen LogP contribution in [0.4, 0.5) is 0 Å². The van der Waals surface area contributed by atoms with Gasteiger partial charge in [-0.15, -0.1) is 0 Å². The SMILES string of the molecule is O=C1NCCCC/C=C\CCCCCCC2=NOS(=O)N2CCCNC1=O. The summed E-state index contributed by atoms with van der Waals surface area (Å²) in [6.45, 7) is 1.29. The second kappa shape index (κ2) is 12.5. The van der Waals surface area contributed by atoms with Crippen molar-refractivity contribution in [1.82, 2.24) is 14.9 Å². The molecule has 0 aliphatic carbocycles. The van der Waals surface area contributed by atoms with Gasteiger partial charge < -0.3 is 10.6 Å². The largest absolute Gasteiger partial charge is 0.348 e. The second-order valence-electron chi connectivity index (χ2n) is 6.69. The van der Waals surface area contributed by atoms with E-state index in [0.29, 0.717) is 31.9 Å². The van der Waals surface area contributed by atoms with Gasteiger partial charge in [0.05, 0.1) is 0 Å². The summed E-state index contributed by atoms with van der Waals surface area (Å²) < 4.78 is 18.4. The topological polar surface area (TPSA) is 100 Å². The van der Waals surface area contributed by atoms with Gasteiger partial charge in [-0.2, -0.15) is 4.21 Å². The van der Waals surface area contributed by atoms with Crippen molar-refractivity contribution in [2.75, 3.05) is 19.6 Å². The van der Waals surface area contributed by atoms with Gasteiger partial charge in [0.15, 0.2) is 5.84 Å². The van der Waals surface area contributed by atoms with Crippen LogP contribution in [-0.2, 0) is 25.1 Å². The van der Waals surface area contributed by atoms with Crippen molar-refractivity contribution >= 4 is 28.9 Å². The molecule has 0 fully saturated rings. The molecular weight excluding hydrogens is 368 g/mol. The Labute approximate surface area is 163 Å². The van der Waals surface area contributed by atoms with Crippen molar-refractivity contribution in [2.24, 2.45) is 5.16 Å². The highest BCUT2D eigenvalue weighted by Crippen LogP contribution is 2.16. The van der Waals surface area contributed by atoms with Gasteiger partial charge in [0, 0.05) is 26.1 Å². The normalized spacial score (nSPS) is 25.9. The van der Waals surface area contributed by atoms with Crippen LogP contribution < -0.4 is 10.6 Å². The number of fused-ring (bicyclic) bond motifs is 1.